The Morgan fingerprint density at radius 2 is 1.90 bits per heavy atom. The van der Waals surface area contributed by atoms with Gasteiger partial charge in [-0.2, -0.15) is 0 Å². The minimum absolute atomic E-state index is 0.468. The zero-order valence-corrected chi connectivity index (χ0v) is 14.5. The Hall–Kier alpha value is -0.830. The monoisotopic (exact) mass is 363 g/mol. The van der Waals surface area contributed by atoms with Gasteiger partial charge < -0.3 is 5.73 Å². The predicted molar refractivity (Wildman–Crippen MR) is 92.9 cm³/mol. The fraction of sp³-hybridized carbons (Fsp3) is 0.333. The van der Waals surface area contributed by atoms with Gasteiger partial charge in [0.2, 0.25) is 0 Å². The summed E-state index contributed by atoms with van der Waals surface area (Å²) in [7, 11) is 0. The lowest BCUT2D eigenvalue weighted by Gasteiger charge is -2.27. The maximum Gasteiger partial charge on any atom is 0.0467 e. The Balaban J connectivity index is 1.88. The van der Waals surface area contributed by atoms with Gasteiger partial charge in [-0.1, -0.05) is 51.8 Å². The van der Waals surface area contributed by atoms with Crippen LogP contribution in [0.1, 0.15) is 35.6 Å². The minimum Gasteiger partial charge on any atom is -0.321 e. The van der Waals surface area contributed by atoms with Crippen LogP contribution in [0.4, 0.5) is 0 Å². The van der Waals surface area contributed by atoms with Crippen molar-refractivity contribution in [3.05, 3.63) is 68.1 Å². The van der Waals surface area contributed by atoms with Crippen LogP contribution in [0.25, 0.3) is 0 Å². The van der Waals surface area contributed by atoms with E-state index in [1.54, 1.807) is 0 Å². The molecule has 2 aromatic carbocycles. The number of hydrogen-bond acceptors (Lipinski definition) is 1. The third-order valence-corrected chi connectivity index (χ3v) is 5.09. The summed E-state index contributed by atoms with van der Waals surface area (Å²) < 4.78 is 0.976. The molecular formula is C18H19BrClN. The SMILES string of the molecule is CC(N)(Cc1ccc2c(c1)CCC2)c1ccc(Br)cc1Cl. The Bertz CT molecular complexity index is 679. The standard InChI is InChI=1S/C18H19BrClN/c1-18(21,16-8-7-15(19)10-17(16)20)11-12-5-6-13-3-2-4-14(13)9-12/h5-10H,2-4,11,21H2,1H3. The molecular weight excluding hydrogens is 346 g/mol. The molecule has 1 aliphatic carbocycles. The van der Waals surface area contributed by atoms with Gasteiger partial charge in [0.1, 0.15) is 0 Å². The van der Waals surface area contributed by atoms with Crippen LogP contribution >= 0.6 is 27.5 Å². The van der Waals surface area contributed by atoms with Crippen molar-refractivity contribution in [2.24, 2.45) is 5.73 Å². The summed E-state index contributed by atoms with van der Waals surface area (Å²) in [6, 6.07) is 12.7. The average Bonchev–Trinajstić information content (AvgIpc) is 2.85. The van der Waals surface area contributed by atoms with E-state index in [4.69, 9.17) is 17.3 Å². The van der Waals surface area contributed by atoms with Gasteiger partial charge in [0.15, 0.2) is 0 Å². The number of halogens is 2. The van der Waals surface area contributed by atoms with E-state index in [1.165, 1.54) is 36.0 Å². The Morgan fingerprint density at radius 1 is 1.14 bits per heavy atom. The molecule has 2 N–H and O–H groups in total. The molecule has 0 bridgehead atoms. The lowest BCUT2D eigenvalue weighted by Crippen LogP contribution is -2.35. The van der Waals surface area contributed by atoms with Crippen LogP contribution in [-0.2, 0) is 24.8 Å². The molecule has 0 fully saturated rings. The highest BCUT2D eigenvalue weighted by atomic mass is 79.9. The van der Waals surface area contributed by atoms with Gasteiger partial charge in [0, 0.05) is 15.0 Å². The highest BCUT2D eigenvalue weighted by Gasteiger charge is 2.25. The van der Waals surface area contributed by atoms with Gasteiger partial charge in [0.25, 0.3) is 0 Å². The molecule has 110 valence electrons. The minimum atomic E-state index is -0.468. The molecule has 0 aromatic heterocycles. The second-order valence-electron chi connectivity index (χ2n) is 6.18. The first-order valence-electron chi connectivity index (χ1n) is 7.31. The molecule has 0 radical (unpaired) electrons. The fourth-order valence-corrected chi connectivity index (χ4v) is 4.10. The third kappa shape index (κ3) is 3.18. The maximum atomic E-state index is 6.57. The van der Waals surface area contributed by atoms with Crippen LogP contribution in [0.3, 0.4) is 0 Å². The van der Waals surface area contributed by atoms with Gasteiger partial charge in [0.05, 0.1) is 0 Å². The molecule has 0 amide bonds. The maximum absolute atomic E-state index is 6.57. The van der Waals surface area contributed by atoms with Crippen molar-refractivity contribution in [3.8, 4) is 0 Å². The van der Waals surface area contributed by atoms with Gasteiger partial charge in [-0.25, -0.2) is 0 Å². The van der Waals surface area contributed by atoms with Crippen molar-refractivity contribution in [3.63, 3.8) is 0 Å². The molecule has 1 atom stereocenters. The van der Waals surface area contributed by atoms with E-state index in [1.807, 2.05) is 18.2 Å². The number of hydrogen-bond donors (Lipinski definition) is 1. The Labute approximate surface area is 139 Å². The van der Waals surface area contributed by atoms with Crippen molar-refractivity contribution >= 4 is 27.5 Å². The quantitative estimate of drug-likeness (QED) is 0.814. The van der Waals surface area contributed by atoms with Crippen LogP contribution in [0, 0.1) is 0 Å². The third-order valence-electron chi connectivity index (χ3n) is 4.28. The fourth-order valence-electron chi connectivity index (χ4n) is 3.21. The molecule has 21 heavy (non-hydrogen) atoms. The summed E-state index contributed by atoms with van der Waals surface area (Å²) in [5.41, 5.74) is 11.4. The summed E-state index contributed by atoms with van der Waals surface area (Å²) >= 11 is 9.80. The van der Waals surface area contributed by atoms with Crippen LogP contribution in [0.15, 0.2) is 40.9 Å². The first kappa shape index (κ1) is 15.1. The molecule has 3 heteroatoms. The van der Waals surface area contributed by atoms with Crippen LogP contribution in [-0.4, -0.2) is 0 Å². The summed E-state index contributed by atoms with van der Waals surface area (Å²) in [5, 5.41) is 0.718. The van der Waals surface area contributed by atoms with Gasteiger partial charge >= 0.3 is 0 Å². The lowest BCUT2D eigenvalue weighted by molar-refractivity contribution is 0.491. The molecule has 0 saturated heterocycles. The molecule has 1 nitrogen and oxygen atoms in total. The van der Waals surface area contributed by atoms with E-state index in [0.717, 1.165) is 21.5 Å². The number of nitrogens with two attached hydrogens (primary N) is 1. The molecule has 3 rings (SSSR count). The van der Waals surface area contributed by atoms with Crippen LogP contribution < -0.4 is 5.73 Å². The van der Waals surface area contributed by atoms with Crippen molar-refractivity contribution in [2.45, 2.75) is 38.1 Å². The Kier molecular flexibility index (Phi) is 4.13. The van der Waals surface area contributed by atoms with E-state index < -0.39 is 5.54 Å². The first-order valence-corrected chi connectivity index (χ1v) is 8.48. The molecule has 1 aliphatic rings. The normalized spacial score (nSPS) is 16.6. The zero-order valence-electron chi connectivity index (χ0n) is 12.1. The van der Waals surface area contributed by atoms with Crippen molar-refractivity contribution in [1.82, 2.24) is 0 Å². The summed E-state index contributed by atoms with van der Waals surface area (Å²) in [6.07, 6.45) is 4.48. The highest BCUT2D eigenvalue weighted by molar-refractivity contribution is 9.10. The van der Waals surface area contributed by atoms with Crippen molar-refractivity contribution in [2.75, 3.05) is 0 Å². The number of rotatable bonds is 3. The molecule has 0 spiro atoms. The first-order chi connectivity index (χ1) is 9.95. The van der Waals surface area contributed by atoms with Gasteiger partial charge in [-0.15, -0.1) is 0 Å². The number of aryl methyl sites for hydroxylation is 2. The van der Waals surface area contributed by atoms with E-state index in [0.29, 0.717) is 0 Å². The molecule has 0 aliphatic heterocycles. The molecule has 0 heterocycles. The smallest absolute Gasteiger partial charge is 0.0467 e. The van der Waals surface area contributed by atoms with E-state index in [2.05, 4.69) is 41.1 Å². The molecule has 1 unspecified atom stereocenters. The summed E-state index contributed by atoms with van der Waals surface area (Å²) in [6.45, 7) is 2.05. The summed E-state index contributed by atoms with van der Waals surface area (Å²) in [5.74, 6) is 0. The predicted octanol–water partition coefficient (Wildman–Crippen LogP) is 5.01. The second-order valence-corrected chi connectivity index (χ2v) is 7.50. The van der Waals surface area contributed by atoms with E-state index in [9.17, 15) is 0 Å². The topological polar surface area (TPSA) is 26.0 Å². The molecule has 0 saturated carbocycles. The lowest BCUT2D eigenvalue weighted by atomic mass is 9.86. The van der Waals surface area contributed by atoms with E-state index >= 15 is 0 Å². The van der Waals surface area contributed by atoms with Gasteiger partial charge in [-0.05, 0) is 67.0 Å². The van der Waals surface area contributed by atoms with Crippen LogP contribution in [0.5, 0.6) is 0 Å². The summed E-state index contributed by atoms with van der Waals surface area (Å²) in [4.78, 5) is 0. The second kappa shape index (κ2) is 5.75. The van der Waals surface area contributed by atoms with Crippen molar-refractivity contribution < 1.29 is 0 Å². The average molecular weight is 365 g/mol. The zero-order chi connectivity index (χ0) is 15.0. The number of benzene rings is 2. The largest absolute Gasteiger partial charge is 0.321 e. The Morgan fingerprint density at radius 3 is 2.67 bits per heavy atom. The van der Waals surface area contributed by atoms with Crippen LogP contribution in [0.2, 0.25) is 5.02 Å². The van der Waals surface area contributed by atoms with Crippen molar-refractivity contribution in [1.29, 1.82) is 0 Å². The van der Waals surface area contributed by atoms with E-state index in [-0.39, 0.29) is 0 Å². The number of fused-ring (bicyclic) bond motifs is 1. The molecule has 2 aromatic rings. The highest BCUT2D eigenvalue weighted by Crippen LogP contribution is 2.32. The van der Waals surface area contributed by atoms with Gasteiger partial charge in [-0.3, -0.25) is 0 Å².